The Morgan fingerprint density at radius 1 is 0.946 bits per heavy atom. The van der Waals surface area contributed by atoms with Crippen LogP contribution in [0, 0.1) is 0 Å². The van der Waals surface area contributed by atoms with Gasteiger partial charge in [-0.05, 0) is 51.5 Å². The van der Waals surface area contributed by atoms with Gasteiger partial charge in [0.25, 0.3) is 0 Å². The minimum atomic E-state index is -0.645. The van der Waals surface area contributed by atoms with Crippen LogP contribution in [0.4, 0.5) is 0 Å². The van der Waals surface area contributed by atoms with E-state index in [0.717, 1.165) is 33.1 Å². The van der Waals surface area contributed by atoms with Crippen LogP contribution in [0.1, 0.15) is 39.2 Å². The molecule has 0 unspecified atom stereocenters. The predicted octanol–water partition coefficient (Wildman–Crippen LogP) is 5.85. The first kappa shape index (κ1) is 26.2. The molecule has 1 aromatic heterocycles. The van der Waals surface area contributed by atoms with Gasteiger partial charge >= 0.3 is 11.9 Å². The average molecular weight is 519 g/mol. The Labute approximate surface area is 220 Å². The molecular formula is C29H30N2O5S. The smallest absolute Gasteiger partial charge is 0.336 e. The molecule has 192 valence electrons. The van der Waals surface area contributed by atoms with Gasteiger partial charge in [-0.2, -0.15) is 0 Å². The van der Waals surface area contributed by atoms with Crippen LogP contribution in [0.25, 0.3) is 21.8 Å². The summed E-state index contributed by atoms with van der Waals surface area (Å²) in [5.74, 6) is -0.829. The quantitative estimate of drug-likeness (QED) is 0.375. The lowest BCUT2D eigenvalue weighted by molar-refractivity contribution is -0.139. The Morgan fingerprint density at radius 2 is 1.59 bits per heavy atom. The summed E-state index contributed by atoms with van der Waals surface area (Å²) in [5.41, 5.74) is 5.45. The molecule has 1 N–H and O–H groups in total. The van der Waals surface area contributed by atoms with Crippen molar-refractivity contribution in [1.29, 1.82) is 0 Å². The zero-order valence-corrected chi connectivity index (χ0v) is 22.4. The van der Waals surface area contributed by atoms with Gasteiger partial charge in [0.2, 0.25) is 0 Å². The number of esters is 2. The largest absolute Gasteiger partial charge is 0.496 e. The Hall–Kier alpha value is -3.91. The summed E-state index contributed by atoms with van der Waals surface area (Å²) in [4.78, 5) is 31.0. The molecule has 0 aliphatic carbocycles. The molecule has 0 saturated heterocycles. The van der Waals surface area contributed by atoms with Crippen molar-refractivity contribution in [2.75, 3.05) is 20.3 Å². The van der Waals surface area contributed by atoms with Gasteiger partial charge in [-0.1, -0.05) is 30.3 Å². The molecule has 2 heterocycles. The summed E-state index contributed by atoms with van der Waals surface area (Å²) in [6, 6.07) is 15.5. The lowest BCUT2D eigenvalue weighted by Gasteiger charge is -2.30. The molecule has 0 radical (unpaired) electrons. The SMILES string of the molecule is CCOC(=O)C1=C(C)NC(C)=C(C(=O)OCC)C1c1cccc(-c2nc(-c3ccccc3OC)cs2)c1. The maximum atomic E-state index is 13.1. The minimum absolute atomic E-state index is 0.227. The predicted molar refractivity (Wildman–Crippen MR) is 144 cm³/mol. The Balaban J connectivity index is 1.80. The number of carbonyl (C=O) groups is 2. The highest BCUT2D eigenvalue weighted by atomic mass is 32.1. The number of ether oxygens (including phenoxy) is 3. The topological polar surface area (TPSA) is 86.8 Å². The van der Waals surface area contributed by atoms with Crippen molar-refractivity contribution in [1.82, 2.24) is 10.3 Å². The molecule has 0 spiro atoms. The third-order valence-corrected chi connectivity index (χ3v) is 7.00. The number of hydrogen-bond acceptors (Lipinski definition) is 8. The highest BCUT2D eigenvalue weighted by Crippen LogP contribution is 2.41. The maximum Gasteiger partial charge on any atom is 0.336 e. The fourth-order valence-electron chi connectivity index (χ4n) is 4.52. The van der Waals surface area contributed by atoms with Crippen LogP contribution >= 0.6 is 11.3 Å². The fourth-order valence-corrected chi connectivity index (χ4v) is 5.34. The van der Waals surface area contributed by atoms with E-state index < -0.39 is 17.9 Å². The molecule has 37 heavy (non-hydrogen) atoms. The Morgan fingerprint density at radius 3 is 2.22 bits per heavy atom. The number of hydrogen-bond donors (Lipinski definition) is 1. The molecule has 3 aromatic rings. The van der Waals surface area contributed by atoms with E-state index in [2.05, 4.69) is 5.32 Å². The van der Waals surface area contributed by atoms with Crippen LogP contribution in [0.5, 0.6) is 5.75 Å². The maximum absolute atomic E-state index is 13.1. The van der Waals surface area contributed by atoms with Crippen LogP contribution in [0.2, 0.25) is 0 Å². The van der Waals surface area contributed by atoms with Gasteiger partial charge in [0.15, 0.2) is 0 Å². The number of thiazole rings is 1. The van der Waals surface area contributed by atoms with Gasteiger partial charge in [-0.3, -0.25) is 0 Å². The molecule has 2 aromatic carbocycles. The zero-order chi connectivity index (χ0) is 26.5. The van der Waals surface area contributed by atoms with Gasteiger partial charge in [-0.25, -0.2) is 14.6 Å². The van der Waals surface area contributed by atoms with Crippen LogP contribution in [-0.4, -0.2) is 37.2 Å². The van der Waals surface area contributed by atoms with Gasteiger partial charge in [0.1, 0.15) is 10.8 Å². The molecule has 0 atom stereocenters. The number of aromatic nitrogens is 1. The highest BCUT2D eigenvalue weighted by Gasteiger charge is 2.38. The lowest BCUT2D eigenvalue weighted by Crippen LogP contribution is -2.32. The standard InChI is InChI=1S/C29H30N2O5S/c1-6-35-28(32)24-17(3)30-18(4)25(29(33)36-7-2)26(24)19-11-10-12-20(15-19)27-31-22(16-37-27)21-13-8-9-14-23(21)34-5/h8-16,26,30H,6-7H2,1-5H3. The molecule has 0 bridgehead atoms. The van der Waals surface area contributed by atoms with Gasteiger partial charge in [-0.15, -0.1) is 11.3 Å². The van der Waals surface area contributed by atoms with Crippen LogP contribution in [0.3, 0.4) is 0 Å². The molecule has 7 nitrogen and oxygen atoms in total. The van der Waals surface area contributed by atoms with Gasteiger partial charge < -0.3 is 19.5 Å². The van der Waals surface area contributed by atoms with E-state index >= 15 is 0 Å². The second-order valence-electron chi connectivity index (χ2n) is 8.44. The molecule has 0 amide bonds. The number of benzene rings is 2. The second kappa shape index (κ2) is 11.4. The van der Waals surface area contributed by atoms with Gasteiger partial charge in [0.05, 0.1) is 43.1 Å². The van der Waals surface area contributed by atoms with Crippen molar-refractivity contribution in [2.45, 2.75) is 33.6 Å². The van der Waals surface area contributed by atoms with Crippen molar-refractivity contribution in [3.05, 3.63) is 82.0 Å². The van der Waals surface area contributed by atoms with Crippen molar-refractivity contribution in [3.63, 3.8) is 0 Å². The number of nitrogens with zero attached hydrogens (tertiary/aromatic N) is 1. The number of nitrogens with one attached hydrogen (secondary N) is 1. The van der Waals surface area contributed by atoms with Crippen LogP contribution < -0.4 is 10.1 Å². The number of dihydropyridines is 1. The van der Waals surface area contributed by atoms with Crippen molar-refractivity contribution in [2.24, 2.45) is 0 Å². The van der Waals surface area contributed by atoms with E-state index in [0.29, 0.717) is 22.5 Å². The normalized spacial score (nSPS) is 13.9. The zero-order valence-electron chi connectivity index (χ0n) is 21.6. The summed E-state index contributed by atoms with van der Waals surface area (Å²) < 4.78 is 16.3. The van der Waals surface area contributed by atoms with E-state index in [9.17, 15) is 9.59 Å². The third kappa shape index (κ3) is 5.29. The minimum Gasteiger partial charge on any atom is -0.496 e. The number of rotatable bonds is 8. The number of para-hydroxylation sites is 1. The Kier molecular flexibility index (Phi) is 8.08. The van der Waals surface area contributed by atoms with E-state index in [1.54, 1.807) is 21.0 Å². The first-order valence-corrected chi connectivity index (χ1v) is 13.0. The average Bonchev–Trinajstić information content (AvgIpc) is 3.39. The highest BCUT2D eigenvalue weighted by molar-refractivity contribution is 7.13. The summed E-state index contributed by atoms with van der Waals surface area (Å²) in [5, 5.41) is 5.98. The van der Waals surface area contributed by atoms with Gasteiger partial charge in [0, 0.05) is 27.9 Å². The molecule has 0 saturated carbocycles. The molecule has 8 heteroatoms. The molecule has 1 aliphatic heterocycles. The first-order chi connectivity index (χ1) is 17.9. The van der Waals surface area contributed by atoms with Crippen molar-refractivity contribution < 1.29 is 23.8 Å². The molecular weight excluding hydrogens is 488 g/mol. The summed E-state index contributed by atoms with van der Waals surface area (Å²) in [7, 11) is 1.64. The summed E-state index contributed by atoms with van der Waals surface area (Å²) in [6.45, 7) is 7.60. The lowest BCUT2D eigenvalue weighted by atomic mass is 9.80. The number of allylic oxidation sites excluding steroid dienone is 2. The molecule has 1 aliphatic rings. The third-order valence-electron chi connectivity index (χ3n) is 6.11. The van der Waals surface area contributed by atoms with E-state index in [1.165, 1.54) is 11.3 Å². The molecule has 4 rings (SSSR count). The van der Waals surface area contributed by atoms with Crippen LogP contribution in [-0.2, 0) is 19.1 Å². The summed E-state index contributed by atoms with van der Waals surface area (Å²) >= 11 is 1.52. The molecule has 0 fully saturated rings. The van der Waals surface area contributed by atoms with Crippen molar-refractivity contribution in [3.8, 4) is 27.6 Å². The Bertz CT molecular complexity index is 1350. The second-order valence-corrected chi connectivity index (χ2v) is 9.30. The van der Waals surface area contributed by atoms with Crippen molar-refractivity contribution >= 4 is 23.3 Å². The van der Waals surface area contributed by atoms with E-state index in [-0.39, 0.29) is 13.2 Å². The number of methoxy groups -OCH3 is 1. The van der Waals surface area contributed by atoms with E-state index in [1.807, 2.05) is 67.8 Å². The number of carbonyl (C=O) groups excluding carboxylic acids is 2. The summed E-state index contributed by atoms with van der Waals surface area (Å²) in [6.07, 6.45) is 0. The monoisotopic (exact) mass is 518 g/mol. The van der Waals surface area contributed by atoms with Crippen LogP contribution in [0.15, 0.2) is 76.5 Å². The van der Waals surface area contributed by atoms with E-state index in [4.69, 9.17) is 19.2 Å². The first-order valence-electron chi connectivity index (χ1n) is 12.1. The fraction of sp³-hybridized carbons (Fsp3) is 0.276.